The van der Waals surface area contributed by atoms with Gasteiger partial charge < -0.3 is 0 Å². The molecule has 0 amide bonds. The average molecular weight is 715 g/mol. The van der Waals surface area contributed by atoms with Crippen LogP contribution < -0.4 is 0 Å². The van der Waals surface area contributed by atoms with Crippen molar-refractivity contribution in [3.05, 3.63) is 140 Å². The molecule has 0 radical (unpaired) electrons. The van der Waals surface area contributed by atoms with E-state index in [0.29, 0.717) is 22.3 Å². The molecule has 0 saturated heterocycles. The summed E-state index contributed by atoms with van der Waals surface area (Å²) in [7, 11) is -11.5. The van der Waals surface area contributed by atoms with Gasteiger partial charge in [-0.15, -0.1) is 0 Å². The van der Waals surface area contributed by atoms with Crippen molar-refractivity contribution >= 4 is 20.4 Å². The van der Waals surface area contributed by atoms with Gasteiger partial charge in [-0.25, -0.2) is 3.63 Å². The fourth-order valence-electron chi connectivity index (χ4n) is 4.77. The zero-order chi connectivity index (χ0) is 35.0. The van der Waals surface area contributed by atoms with Crippen molar-refractivity contribution in [1.29, 1.82) is 0 Å². The highest BCUT2D eigenvalue weighted by molar-refractivity contribution is 8.33. The molecule has 0 aliphatic carbocycles. The van der Waals surface area contributed by atoms with Crippen LogP contribution in [-0.2, 0) is 13.7 Å². The van der Waals surface area contributed by atoms with Crippen molar-refractivity contribution < 1.29 is 51.6 Å². The molecule has 48 heavy (non-hydrogen) atoms. The van der Waals surface area contributed by atoms with Crippen molar-refractivity contribution in [1.82, 2.24) is 0 Å². The second-order valence-electron chi connectivity index (χ2n) is 10.3. The predicted molar refractivity (Wildman–Crippen MR) is 163 cm³/mol. The lowest BCUT2D eigenvalue weighted by Crippen LogP contribution is -2.63. The summed E-state index contributed by atoms with van der Waals surface area (Å²) in [6.07, 6.45) is -7.24. The number of hydrogen-bond acceptors (Lipinski definition) is 3. The largest absolute Gasteiger partial charge is 0.460 e. The molecule has 0 unspecified atom stereocenters. The van der Waals surface area contributed by atoms with E-state index in [-0.39, 0.29) is 14.7 Å². The number of rotatable bonds is 10. The summed E-state index contributed by atoms with van der Waals surface area (Å²) in [6.45, 7) is 0. The topological polar surface area (TPSA) is 43.4 Å². The molecule has 0 fully saturated rings. The van der Waals surface area contributed by atoms with Crippen molar-refractivity contribution in [2.45, 2.75) is 38.0 Å². The number of alkyl halides is 9. The second kappa shape index (κ2) is 12.6. The van der Waals surface area contributed by atoms with Gasteiger partial charge in [0.15, 0.2) is 0 Å². The van der Waals surface area contributed by atoms with Gasteiger partial charge in [-0.1, -0.05) is 103 Å². The van der Waals surface area contributed by atoms with E-state index in [0.717, 1.165) is 0 Å². The third kappa shape index (κ3) is 5.96. The Morgan fingerprint density at radius 1 is 0.396 bits per heavy atom. The van der Waals surface area contributed by atoms with E-state index in [1.165, 1.54) is 78.9 Å². The first-order valence-electron chi connectivity index (χ1n) is 13.8. The Kier molecular flexibility index (Phi) is 9.23. The third-order valence-electron chi connectivity index (χ3n) is 7.28. The van der Waals surface area contributed by atoms with E-state index in [1.54, 1.807) is 60.7 Å². The lowest BCUT2D eigenvalue weighted by Gasteiger charge is -2.41. The first-order valence-corrected chi connectivity index (χ1v) is 16.8. The van der Waals surface area contributed by atoms with Crippen LogP contribution in [0.5, 0.6) is 0 Å². The van der Waals surface area contributed by atoms with Crippen LogP contribution in [-0.4, -0.2) is 31.7 Å². The Morgan fingerprint density at radius 2 is 0.708 bits per heavy atom. The van der Waals surface area contributed by atoms with Gasteiger partial charge in [-0.05, 0) is 69.0 Å². The van der Waals surface area contributed by atoms with Gasteiger partial charge in [-0.3, -0.25) is 0 Å². The predicted octanol–water partition coefficient (Wildman–Crippen LogP) is 11.0. The average Bonchev–Trinajstić information content (AvgIpc) is 3.08. The summed E-state index contributed by atoms with van der Waals surface area (Å²) in [4.78, 5) is -0.521. The second-order valence-corrected chi connectivity index (χ2v) is 14.8. The summed E-state index contributed by atoms with van der Waals surface area (Å²) in [6, 6.07) is 35.0. The maximum Gasteiger partial charge on any atom is 0.460 e. The van der Waals surface area contributed by atoms with Crippen LogP contribution in [0.1, 0.15) is 0 Å². The highest BCUT2D eigenvalue weighted by Gasteiger charge is 2.86. The van der Waals surface area contributed by atoms with Gasteiger partial charge in [0.1, 0.15) is 0 Å². The third-order valence-corrected chi connectivity index (χ3v) is 12.5. The van der Waals surface area contributed by atoms with E-state index in [4.69, 9.17) is 3.63 Å². The fourth-order valence-corrected chi connectivity index (χ4v) is 9.97. The molecular formula is C34H23F9O3S2. The number of halogens is 9. The standard InChI is InChI=1S/C34H23F9O3S2/c35-31(36,33(39,40)41)32(37,38)34(42,43)48(44,45)46-47(28-14-8-3-9-15-28,29-20-16-26(17-21-29)24-10-4-1-5-11-24)30-22-18-27(19-23-30)25-12-6-2-7-13-25/h1-23H. The Hall–Kier alpha value is -4.27. The van der Waals surface area contributed by atoms with Crippen LogP contribution >= 0.6 is 10.3 Å². The Balaban J connectivity index is 1.76. The molecule has 252 valence electrons. The van der Waals surface area contributed by atoms with Crippen molar-refractivity contribution in [3.63, 3.8) is 0 Å². The van der Waals surface area contributed by atoms with E-state index >= 15 is 8.78 Å². The van der Waals surface area contributed by atoms with Crippen LogP contribution in [0, 0.1) is 0 Å². The minimum atomic E-state index is -7.48. The molecule has 0 spiro atoms. The normalized spacial score (nSPS) is 13.7. The lowest BCUT2D eigenvalue weighted by atomic mass is 10.1. The van der Waals surface area contributed by atoms with Crippen molar-refractivity contribution in [3.8, 4) is 22.3 Å². The minimum Gasteiger partial charge on any atom is -0.202 e. The molecule has 5 aromatic carbocycles. The quantitative estimate of drug-likeness (QED) is 0.135. The van der Waals surface area contributed by atoms with Crippen LogP contribution in [0.15, 0.2) is 154 Å². The molecule has 14 heteroatoms. The van der Waals surface area contributed by atoms with E-state index < -0.39 is 43.7 Å². The van der Waals surface area contributed by atoms with Crippen molar-refractivity contribution in [2.24, 2.45) is 0 Å². The highest BCUT2D eigenvalue weighted by Crippen LogP contribution is 2.71. The molecule has 0 aliphatic rings. The molecule has 0 bridgehead atoms. The molecule has 5 aromatic rings. The summed E-state index contributed by atoms with van der Waals surface area (Å²) in [5, 5.41) is -7.07. The van der Waals surface area contributed by atoms with Crippen LogP contribution in [0.2, 0.25) is 0 Å². The molecule has 0 aromatic heterocycles. The highest BCUT2D eigenvalue weighted by atomic mass is 32.3. The van der Waals surface area contributed by atoms with Gasteiger partial charge in [0.25, 0.3) is 0 Å². The number of benzene rings is 5. The lowest BCUT2D eigenvalue weighted by molar-refractivity contribution is -0.382. The van der Waals surface area contributed by atoms with E-state index in [2.05, 4.69) is 0 Å². The zero-order valence-corrected chi connectivity index (χ0v) is 25.9. The number of hydrogen-bond donors (Lipinski definition) is 0. The van der Waals surface area contributed by atoms with Gasteiger partial charge in [0.05, 0.1) is 0 Å². The fraction of sp³-hybridized carbons (Fsp3) is 0.118. The smallest absolute Gasteiger partial charge is 0.202 e. The molecule has 0 N–H and O–H groups in total. The van der Waals surface area contributed by atoms with Gasteiger partial charge in [-0.2, -0.15) is 47.9 Å². The molecule has 3 nitrogen and oxygen atoms in total. The monoisotopic (exact) mass is 714 g/mol. The minimum absolute atomic E-state index is 0.171. The molecule has 0 aliphatic heterocycles. The first kappa shape index (κ1) is 35.0. The van der Waals surface area contributed by atoms with Crippen LogP contribution in [0.25, 0.3) is 22.3 Å². The van der Waals surface area contributed by atoms with Gasteiger partial charge in [0, 0.05) is 14.7 Å². The molecule has 0 saturated carbocycles. The van der Waals surface area contributed by atoms with Gasteiger partial charge in [0.2, 0.25) is 0 Å². The Labute approximate surface area is 271 Å². The summed E-state index contributed by atoms with van der Waals surface area (Å²) in [5.41, 5.74) is 2.49. The Bertz CT molecular complexity index is 1870. The van der Waals surface area contributed by atoms with Crippen LogP contribution in [0.3, 0.4) is 0 Å². The molecule has 0 heterocycles. The van der Waals surface area contributed by atoms with Crippen molar-refractivity contribution in [2.75, 3.05) is 0 Å². The summed E-state index contributed by atoms with van der Waals surface area (Å²) < 4.78 is 158. The van der Waals surface area contributed by atoms with E-state index in [9.17, 15) is 39.2 Å². The molecular weight excluding hydrogens is 691 g/mol. The molecule has 0 atom stereocenters. The summed E-state index contributed by atoms with van der Waals surface area (Å²) in [5.74, 6) is -14.9. The van der Waals surface area contributed by atoms with E-state index in [1.807, 2.05) is 0 Å². The SMILES string of the molecule is O=S(=O)(OS(c1ccccc1)(c1ccc(-c2ccccc2)cc1)c1ccc(-c2ccccc2)cc1)C(F)(F)C(F)(F)C(F)(F)C(F)(F)F. The zero-order valence-electron chi connectivity index (χ0n) is 24.2. The first-order chi connectivity index (χ1) is 22.5. The maximum atomic E-state index is 15.2. The Morgan fingerprint density at radius 3 is 1.06 bits per heavy atom. The van der Waals surface area contributed by atoms with Crippen LogP contribution in [0.4, 0.5) is 39.5 Å². The maximum absolute atomic E-state index is 15.2. The molecule has 5 rings (SSSR count). The summed E-state index contributed by atoms with van der Waals surface area (Å²) >= 11 is 0. The van der Waals surface area contributed by atoms with Gasteiger partial charge >= 0.3 is 33.4 Å².